The molecule has 3 N–H and O–H groups in total. The van der Waals surface area contributed by atoms with E-state index in [0.29, 0.717) is 17.1 Å². The molecule has 11 heteroatoms. The molecular formula is C32H39N9O2. The van der Waals surface area contributed by atoms with Gasteiger partial charge in [-0.15, -0.1) is 0 Å². The Morgan fingerprint density at radius 2 is 1.84 bits per heavy atom. The number of hydrogen-bond acceptors (Lipinski definition) is 10. The Labute approximate surface area is 251 Å². The van der Waals surface area contributed by atoms with Crippen molar-refractivity contribution in [2.75, 3.05) is 36.4 Å². The van der Waals surface area contributed by atoms with Gasteiger partial charge in [0.15, 0.2) is 5.82 Å². The highest BCUT2D eigenvalue weighted by Crippen LogP contribution is 2.36. The monoisotopic (exact) mass is 581 g/mol. The van der Waals surface area contributed by atoms with Crippen molar-refractivity contribution in [2.45, 2.75) is 58.9 Å². The maximum Gasteiger partial charge on any atom is 0.315 e. The van der Waals surface area contributed by atoms with Crippen LogP contribution >= 0.6 is 0 Å². The minimum atomic E-state index is -0.400. The molecule has 1 amide bonds. The number of rotatable bonds is 7. The summed E-state index contributed by atoms with van der Waals surface area (Å²) in [5, 5.41) is 13.6. The molecule has 43 heavy (non-hydrogen) atoms. The number of pyridine rings is 1. The maximum absolute atomic E-state index is 12.8. The van der Waals surface area contributed by atoms with Crippen LogP contribution in [0.2, 0.25) is 0 Å². The number of anilines is 3. The predicted octanol–water partition coefficient (Wildman–Crippen LogP) is 4.95. The number of amides is 1. The first-order valence-electron chi connectivity index (χ1n) is 14.9. The standard InChI is InChI=1S/C32H39N9O2/c1-20-14-22(6-8-24(20)21(2)37-28(42)29-39-30(40-43-29)31(3,4)5)25-15-27(36-19-35-25)38-26-9-7-23(16-34-26)41-12-10-32(11-13-41)17-33-18-32/h6-9,14-16,19,21,33H,10-13,17-18H2,1-5H3,(H,37,42)(H,34,35,36,38). The summed E-state index contributed by atoms with van der Waals surface area (Å²) >= 11 is 0. The molecule has 11 nitrogen and oxygen atoms in total. The molecule has 6 rings (SSSR count). The Morgan fingerprint density at radius 3 is 2.47 bits per heavy atom. The van der Waals surface area contributed by atoms with Gasteiger partial charge in [-0.25, -0.2) is 15.0 Å². The van der Waals surface area contributed by atoms with Gasteiger partial charge in [0, 0.05) is 43.2 Å². The van der Waals surface area contributed by atoms with E-state index in [0.717, 1.165) is 60.1 Å². The molecule has 0 aliphatic carbocycles. The van der Waals surface area contributed by atoms with Crippen molar-refractivity contribution in [3.05, 3.63) is 71.8 Å². The molecule has 5 heterocycles. The summed E-state index contributed by atoms with van der Waals surface area (Å²) in [4.78, 5) is 33.0. The second kappa shape index (κ2) is 11.4. The van der Waals surface area contributed by atoms with E-state index in [4.69, 9.17) is 4.52 Å². The van der Waals surface area contributed by atoms with Gasteiger partial charge in [0.1, 0.15) is 18.0 Å². The molecule has 1 atom stereocenters. The largest absolute Gasteiger partial charge is 0.370 e. The van der Waals surface area contributed by atoms with Crippen molar-refractivity contribution in [2.24, 2.45) is 5.41 Å². The zero-order chi connectivity index (χ0) is 30.2. The van der Waals surface area contributed by atoms with Gasteiger partial charge in [0.2, 0.25) is 0 Å². The topological polar surface area (TPSA) is 134 Å². The molecule has 2 saturated heterocycles. The molecule has 0 saturated carbocycles. The van der Waals surface area contributed by atoms with Crippen LogP contribution in [0.1, 0.15) is 74.2 Å². The number of hydrogen-bond donors (Lipinski definition) is 3. The van der Waals surface area contributed by atoms with E-state index in [2.05, 4.69) is 58.1 Å². The van der Waals surface area contributed by atoms with Gasteiger partial charge in [0.05, 0.1) is 23.6 Å². The van der Waals surface area contributed by atoms with E-state index in [1.54, 1.807) is 6.33 Å². The molecule has 1 aromatic carbocycles. The lowest BCUT2D eigenvalue weighted by atomic mass is 9.73. The third-order valence-electron chi connectivity index (χ3n) is 8.53. The zero-order valence-electron chi connectivity index (χ0n) is 25.4. The van der Waals surface area contributed by atoms with Crippen molar-refractivity contribution < 1.29 is 9.32 Å². The summed E-state index contributed by atoms with van der Waals surface area (Å²) < 4.78 is 5.20. The SMILES string of the molecule is Cc1cc(-c2cc(Nc3ccc(N4CCC5(CC4)CNC5)cn3)ncn2)ccc1C(C)NC(=O)c1nc(C(C)(C)C)no1. The van der Waals surface area contributed by atoms with Gasteiger partial charge >= 0.3 is 11.8 Å². The predicted molar refractivity (Wildman–Crippen MR) is 165 cm³/mol. The third kappa shape index (κ3) is 6.22. The van der Waals surface area contributed by atoms with E-state index in [9.17, 15) is 4.79 Å². The normalized spacial score (nSPS) is 16.9. The van der Waals surface area contributed by atoms with Crippen molar-refractivity contribution in [1.82, 2.24) is 35.7 Å². The second-order valence-electron chi connectivity index (χ2n) is 12.8. The van der Waals surface area contributed by atoms with Gasteiger partial charge in [-0.3, -0.25) is 4.79 Å². The van der Waals surface area contributed by atoms with E-state index < -0.39 is 5.91 Å². The fourth-order valence-electron chi connectivity index (χ4n) is 5.71. The van der Waals surface area contributed by atoms with Gasteiger partial charge in [-0.05, 0) is 61.4 Å². The Hall–Kier alpha value is -4.38. The Kier molecular flexibility index (Phi) is 7.59. The molecular weight excluding hydrogens is 542 g/mol. The molecule has 3 aromatic heterocycles. The summed E-state index contributed by atoms with van der Waals surface area (Å²) in [5.41, 5.74) is 5.12. The molecule has 0 bridgehead atoms. The quantitative estimate of drug-likeness (QED) is 0.275. The number of benzene rings is 1. The highest BCUT2D eigenvalue weighted by atomic mass is 16.5. The summed E-state index contributed by atoms with van der Waals surface area (Å²) in [7, 11) is 0. The average molecular weight is 582 g/mol. The lowest BCUT2D eigenvalue weighted by molar-refractivity contribution is 0.0895. The van der Waals surface area contributed by atoms with Gasteiger partial charge in [-0.2, -0.15) is 4.98 Å². The van der Waals surface area contributed by atoms with Crippen LogP contribution in [0.5, 0.6) is 0 Å². The van der Waals surface area contributed by atoms with Crippen LogP contribution in [0.4, 0.5) is 17.3 Å². The molecule has 0 radical (unpaired) electrons. The van der Waals surface area contributed by atoms with E-state index >= 15 is 0 Å². The Bertz CT molecular complexity index is 1600. The number of aromatic nitrogens is 5. The molecule has 2 aliphatic rings. The minimum Gasteiger partial charge on any atom is -0.370 e. The maximum atomic E-state index is 12.8. The lowest BCUT2D eigenvalue weighted by Gasteiger charge is -2.48. The van der Waals surface area contributed by atoms with Crippen molar-refractivity contribution >= 4 is 23.2 Å². The Balaban J connectivity index is 1.08. The number of nitrogens with one attached hydrogen (secondary N) is 3. The fraction of sp³-hybridized carbons (Fsp3) is 0.438. The molecule has 4 aromatic rings. The first kappa shape index (κ1) is 28.7. The van der Waals surface area contributed by atoms with Crippen LogP contribution in [0.3, 0.4) is 0 Å². The van der Waals surface area contributed by atoms with Crippen LogP contribution < -0.4 is 20.9 Å². The highest BCUT2D eigenvalue weighted by Gasteiger charge is 2.39. The lowest BCUT2D eigenvalue weighted by Crippen LogP contribution is -2.58. The number of piperidine rings is 1. The number of aryl methyl sites for hydroxylation is 1. The first-order chi connectivity index (χ1) is 20.6. The molecule has 224 valence electrons. The average Bonchev–Trinajstić information content (AvgIpc) is 3.49. The number of carbonyl (C=O) groups is 1. The smallest absolute Gasteiger partial charge is 0.315 e. The third-order valence-corrected chi connectivity index (χ3v) is 8.53. The molecule has 2 fully saturated rings. The molecule has 2 aliphatic heterocycles. The van der Waals surface area contributed by atoms with Crippen LogP contribution in [0.15, 0.2) is 53.4 Å². The van der Waals surface area contributed by atoms with Crippen molar-refractivity contribution in [1.29, 1.82) is 0 Å². The van der Waals surface area contributed by atoms with E-state index in [1.807, 2.05) is 65.1 Å². The fourth-order valence-corrected chi connectivity index (χ4v) is 5.71. The Morgan fingerprint density at radius 1 is 1.05 bits per heavy atom. The first-order valence-corrected chi connectivity index (χ1v) is 14.9. The number of carbonyl (C=O) groups excluding carboxylic acids is 1. The van der Waals surface area contributed by atoms with Crippen LogP contribution in [-0.4, -0.2) is 57.2 Å². The van der Waals surface area contributed by atoms with E-state index in [-0.39, 0.29) is 17.3 Å². The summed E-state index contributed by atoms with van der Waals surface area (Å²) in [5.74, 6) is 1.45. The van der Waals surface area contributed by atoms with Crippen LogP contribution in [0.25, 0.3) is 11.3 Å². The van der Waals surface area contributed by atoms with Gasteiger partial charge in [-0.1, -0.05) is 38.1 Å². The summed E-state index contributed by atoms with van der Waals surface area (Å²) in [6, 6.07) is 11.8. The van der Waals surface area contributed by atoms with Crippen LogP contribution in [0, 0.1) is 12.3 Å². The highest BCUT2D eigenvalue weighted by molar-refractivity contribution is 5.89. The van der Waals surface area contributed by atoms with Gasteiger partial charge in [0.25, 0.3) is 0 Å². The summed E-state index contributed by atoms with van der Waals surface area (Å²) in [6.07, 6.45) is 5.95. The second-order valence-corrected chi connectivity index (χ2v) is 12.8. The summed E-state index contributed by atoms with van der Waals surface area (Å²) in [6.45, 7) is 14.3. The minimum absolute atomic E-state index is 0.0395. The van der Waals surface area contributed by atoms with Crippen molar-refractivity contribution in [3.8, 4) is 11.3 Å². The zero-order valence-corrected chi connectivity index (χ0v) is 25.4. The number of nitrogens with zero attached hydrogens (tertiary/aromatic N) is 6. The van der Waals surface area contributed by atoms with Gasteiger partial charge < -0.3 is 25.4 Å². The molecule has 1 spiro atoms. The van der Waals surface area contributed by atoms with E-state index in [1.165, 1.54) is 12.8 Å². The van der Waals surface area contributed by atoms with Crippen molar-refractivity contribution in [3.63, 3.8) is 0 Å². The molecule has 1 unspecified atom stereocenters. The van der Waals surface area contributed by atoms with Crippen LogP contribution in [-0.2, 0) is 5.41 Å².